The Morgan fingerprint density at radius 3 is 2.65 bits per heavy atom. The molecule has 0 saturated carbocycles. The highest BCUT2D eigenvalue weighted by atomic mass is 14.9. The van der Waals surface area contributed by atoms with E-state index in [1.807, 2.05) is 24.3 Å². The Bertz CT molecular complexity index is 573. The molecular formula is C17H21N3. The minimum absolute atomic E-state index is 0.540. The Morgan fingerprint density at radius 2 is 2.05 bits per heavy atom. The van der Waals surface area contributed by atoms with Crippen molar-refractivity contribution in [2.75, 3.05) is 6.54 Å². The SMILES string of the molecule is CCC1=C(Cc2ccc(C#N)cc2)C(N)=NCCC1C. The van der Waals surface area contributed by atoms with E-state index >= 15 is 0 Å². The maximum atomic E-state index is 8.85. The molecule has 2 N–H and O–H groups in total. The summed E-state index contributed by atoms with van der Waals surface area (Å²) in [6.45, 7) is 5.25. The number of amidine groups is 1. The van der Waals surface area contributed by atoms with E-state index < -0.39 is 0 Å². The van der Waals surface area contributed by atoms with Crippen molar-refractivity contribution in [3.8, 4) is 6.07 Å². The van der Waals surface area contributed by atoms with Gasteiger partial charge in [-0.2, -0.15) is 5.26 Å². The van der Waals surface area contributed by atoms with Gasteiger partial charge < -0.3 is 5.73 Å². The molecule has 0 bridgehead atoms. The fourth-order valence-electron chi connectivity index (χ4n) is 2.78. The standard InChI is InChI=1S/C17H21N3/c1-3-15-12(2)8-9-20-17(19)16(15)10-13-4-6-14(11-18)7-5-13/h4-7,12H,3,8-10H2,1-2H3,(H2,19,20). The van der Waals surface area contributed by atoms with Crippen LogP contribution in [0.4, 0.5) is 0 Å². The van der Waals surface area contributed by atoms with Gasteiger partial charge in [0.25, 0.3) is 0 Å². The lowest BCUT2D eigenvalue weighted by molar-refractivity contribution is 0.607. The third-order valence-electron chi connectivity index (χ3n) is 3.98. The molecule has 1 aromatic carbocycles. The summed E-state index contributed by atoms with van der Waals surface area (Å²) in [5.74, 6) is 1.23. The average molecular weight is 267 g/mol. The molecule has 2 rings (SSSR count). The number of allylic oxidation sites excluding steroid dienone is 1. The van der Waals surface area contributed by atoms with E-state index in [-0.39, 0.29) is 0 Å². The molecule has 1 aliphatic heterocycles. The number of aliphatic imine (C=N–C) groups is 1. The second-order valence-corrected chi connectivity index (χ2v) is 5.30. The van der Waals surface area contributed by atoms with Crippen LogP contribution in [-0.4, -0.2) is 12.4 Å². The number of benzene rings is 1. The number of hydrogen-bond donors (Lipinski definition) is 1. The van der Waals surface area contributed by atoms with Crippen LogP contribution in [0, 0.1) is 17.2 Å². The van der Waals surface area contributed by atoms with Crippen molar-refractivity contribution >= 4 is 5.84 Å². The van der Waals surface area contributed by atoms with Crippen molar-refractivity contribution in [3.05, 3.63) is 46.5 Å². The fourth-order valence-corrected chi connectivity index (χ4v) is 2.78. The van der Waals surface area contributed by atoms with Gasteiger partial charge in [-0.15, -0.1) is 0 Å². The Hall–Kier alpha value is -2.08. The summed E-state index contributed by atoms with van der Waals surface area (Å²) in [5.41, 5.74) is 10.6. The lowest BCUT2D eigenvalue weighted by Gasteiger charge is -2.17. The number of nitriles is 1. The Kier molecular flexibility index (Phi) is 4.57. The zero-order valence-electron chi connectivity index (χ0n) is 12.2. The highest BCUT2D eigenvalue weighted by molar-refractivity contribution is 5.98. The molecular weight excluding hydrogens is 246 g/mol. The molecule has 1 unspecified atom stereocenters. The highest BCUT2D eigenvalue weighted by Gasteiger charge is 2.18. The van der Waals surface area contributed by atoms with Crippen LogP contribution in [0.25, 0.3) is 0 Å². The highest BCUT2D eigenvalue weighted by Crippen LogP contribution is 2.27. The Morgan fingerprint density at radius 1 is 1.35 bits per heavy atom. The van der Waals surface area contributed by atoms with Crippen molar-refractivity contribution in [3.63, 3.8) is 0 Å². The van der Waals surface area contributed by atoms with E-state index in [4.69, 9.17) is 11.0 Å². The second kappa shape index (κ2) is 6.38. The summed E-state index contributed by atoms with van der Waals surface area (Å²) in [6, 6.07) is 9.86. The van der Waals surface area contributed by atoms with Gasteiger partial charge in [-0.1, -0.05) is 31.6 Å². The molecule has 1 aliphatic rings. The monoisotopic (exact) mass is 267 g/mol. The normalized spacial score (nSPS) is 19.2. The largest absolute Gasteiger partial charge is 0.384 e. The van der Waals surface area contributed by atoms with Crippen LogP contribution in [0.5, 0.6) is 0 Å². The van der Waals surface area contributed by atoms with Gasteiger partial charge in [0, 0.05) is 13.0 Å². The second-order valence-electron chi connectivity index (χ2n) is 5.30. The molecule has 0 saturated heterocycles. The van der Waals surface area contributed by atoms with E-state index in [2.05, 4.69) is 24.9 Å². The lowest BCUT2D eigenvalue weighted by Crippen LogP contribution is -2.19. The quantitative estimate of drug-likeness (QED) is 0.914. The topological polar surface area (TPSA) is 62.2 Å². The number of hydrogen-bond acceptors (Lipinski definition) is 3. The average Bonchev–Trinajstić information content (AvgIpc) is 2.59. The third kappa shape index (κ3) is 3.08. The van der Waals surface area contributed by atoms with Crippen LogP contribution in [0.3, 0.4) is 0 Å². The van der Waals surface area contributed by atoms with Crippen LogP contribution in [-0.2, 0) is 6.42 Å². The first-order valence-electron chi connectivity index (χ1n) is 7.17. The van der Waals surface area contributed by atoms with Crippen molar-refractivity contribution in [2.45, 2.75) is 33.1 Å². The predicted octanol–water partition coefficient (Wildman–Crippen LogP) is 3.20. The number of nitrogens with zero attached hydrogens (tertiary/aromatic N) is 2. The zero-order chi connectivity index (χ0) is 14.5. The first-order valence-corrected chi connectivity index (χ1v) is 7.17. The van der Waals surface area contributed by atoms with Crippen LogP contribution in [0.1, 0.15) is 37.8 Å². The van der Waals surface area contributed by atoms with Crippen LogP contribution in [0.15, 0.2) is 40.4 Å². The van der Waals surface area contributed by atoms with Crippen LogP contribution < -0.4 is 5.73 Å². The molecule has 0 radical (unpaired) electrons. The summed E-state index contributed by atoms with van der Waals surface area (Å²) in [6.07, 6.45) is 2.89. The van der Waals surface area contributed by atoms with Crippen molar-refractivity contribution in [2.24, 2.45) is 16.6 Å². The van der Waals surface area contributed by atoms with Crippen molar-refractivity contribution in [1.82, 2.24) is 0 Å². The molecule has 104 valence electrons. The smallest absolute Gasteiger partial charge is 0.121 e. The molecule has 0 spiro atoms. The van der Waals surface area contributed by atoms with Crippen molar-refractivity contribution in [1.29, 1.82) is 5.26 Å². The zero-order valence-corrected chi connectivity index (χ0v) is 12.2. The van der Waals surface area contributed by atoms with E-state index in [0.717, 1.165) is 25.8 Å². The third-order valence-corrected chi connectivity index (χ3v) is 3.98. The van der Waals surface area contributed by atoms with Gasteiger partial charge >= 0.3 is 0 Å². The van der Waals surface area contributed by atoms with Gasteiger partial charge in [0.2, 0.25) is 0 Å². The van der Waals surface area contributed by atoms with E-state index in [1.54, 1.807) is 0 Å². The molecule has 20 heavy (non-hydrogen) atoms. The molecule has 1 atom stereocenters. The van der Waals surface area contributed by atoms with Crippen LogP contribution >= 0.6 is 0 Å². The molecule has 0 amide bonds. The molecule has 3 nitrogen and oxygen atoms in total. The Labute approximate surface area is 120 Å². The molecule has 0 fully saturated rings. The lowest BCUT2D eigenvalue weighted by atomic mass is 9.88. The van der Waals surface area contributed by atoms with Gasteiger partial charge in [0.15, 0.2) is 0 Å². The summed E-state index contributed by atoms with van der Waals surface area (Å²) in [5, 5.41) is 8.85. The summed E-state index contributed by atoms with van der Waals surface area (Å²) in [7, 11) is 0. The van der Waals surface area contributed by atoms with Crippen molar-refractivity contribution < 1.29 is 0 Å². The van der Waals surface area contributed by atoms with Gasteiger partial charge in [0.1, 0.15) is 5.84 Å². The van der Waals surface area contributed by atoms with E-state index in [1.165, 1.54) is 16.7 Å². The molecule has 3 heteroatoms. The first-order chi connectivity index (χ1) is 9.65. The molecule has 0 aromatic heterocycles. The van der Waals surface area contributed by atoms with Gasteiger partial charge in [-0.25, -0.2) is 0 Å². The first kappa shape index (κ1) is 14.3. The van der Waals surface area contributed by atoms with Crippen LogP contribution in [0.2, 0.25) is 0 Å². The maximum Gasteiger partial charge on any atom is 0.121 e. The van der Waals surface area contributed by atoms with E-state index in [0.29, 0.717) is 17.3 Å². The predicted molar refractivity (Wildman–Crippen MR) is 82.4 cm³/mol. The minimum Gasteiger partial charge on any atom is -0.384 e. The molecule has 1 aromatic rings. The van der Waals surface area contributed by atoms with Gasteiger partial charge in [0.05, 0.1) is 11.6 Å². The summed E-state index contributed by atoms with van der Waals surface area (Å²) >= 11 is 0. The molecule has 1 heterocycles. The summed E-state index contributed by atoms with van der Waals surface area (Å²) in [4.78, 5) is 4.47. The van der Waals surface area contributed by atoms with E-state index in [9.17, 15) is 0 Å². The summed E-state index contributed by atoms with van der Waals surface area (Å²) < 4.78 is 0. The Balaban J connectivity index is 2.33. The van der Waals surface area contributed by atoms with Gasteiger partial charge in [-0.05, 0) is 42.0 Å². The number of rotatable bonds is 3. The minimum atomic E-state index is 0.540. The fraction of sp³-hybridized carbons (Fsp3) is 0.412. The number of nitrogens with two attached hydrogens (primary N) is 1. The maximum absolute atomic E-state index is 8.85. The molecule has 0 aliphatic carbocycles. The van der Waals surface area contributed by atoms with Gasteiger partial charge in [-0.3, -0.25) is 4.99 Å².